The zero-order valence-corrected chi connectivity index (χ0v) is 21.9. The smallest absolute Gasteiger partial charge is 0.243 e. The molecule has 0 atom stereocenters. The largest absolute Gasteiger partial charge is 0.341 e. The Morgan fingerprint density at radius 2 is 1.67 bits per heavy atom. The molecular formula is C28H30ClN3O3S. The zero-order chi connectivity index (χ0) is 25.3. The summed E-state index contributed by atoms with van der Waals surface area (Å²) in [5, 5.41) is 5.60. The Labute approximate surface area is 216 Å². The van der Waals surface area contributed by atoms with E-state index in [2.05, 4.69) is 28.9 Å². The summed E-state index contributed by atoms with van der Waals surface area (Å²) in [5.74, 6) is -0.350. The van der Waals surface area contributed by atoms with E-state index in [1.165, 1.54) is 16.4 Å². The van der Waals surface area contributed by atoms with E-state index in [0.717, 1.165) is 60.5 Å². The third-order valence-electron chi connectivity index (χ3n) is 7.07. The molecule has 1 amide bonds. The molecule has 36 heavy (non-hydrogen) atoms. The molecule has 8 heteroatoms. The first-order chi connectivity index (χ1) is 17.4. The number of sulfonamides is 1. The minimum Gasteiger partial charge on any atom is -0.341 e. The van der Waals surface area contributed by atoms with Crippen molar-refractivity contribution in [1.29, 1.82) is 0 Å². The lowest BCUT2D eigenvalue weighted by Gasteiger charge is -2.33. The van der Waals surface area contributed by atoms with Crippen LogP contribution in [-0.2, 0) is 21.4 Å². The van der Waals surface area contributed by atoms with Crippen LogP contribution < -0.4 is 5.32 Å². The molecule has 0 saturated heterocycles. The summed E-state index contributed by atoms with van der Waals surface area (Å²) >= 11 is 5.98. The van der Waals surface area contributed by atoms with E-state index in [-0.39, 0.29) is 23.4 Å². The number of aryl methyl sites for hydroxylation is 1. The van der Waals surface area contributed by atoms with Crippen LogP contribution in [-0.4, -0.2) is 35.8 Å². The normalized spacial score (nSPS) is 15.1. The monoisotopic (exact) mass is 523 g/mol. The third kappa shape index (κ3) is 4.75. The summed E-state index contributed by atoms with van der Waals surface area (Å²) in [6, 6.07) is 20.0. The van der Waals surface area contributed by atoms with Gasteiger partial charge in [-0.05, 0) is 68.3 Å². The lowest BCUT2D eigenvalue weighted by Crippen LogP contribution is -2.45. The van der Waals surface area contributed by atoms with Crippen molar-refractivity contribution in [3.8, 4) is 0 Å². The highest BCUT2D eigenvalue weighted by molar-refractivity contribution is 7.89. The number of halogens is 1. The molecule has 188 valence electrons. The molecule has 0 unspecified atom stereocenters. The fraction of sp³-hybridized carbons (Fsp3) is 0.321. The molecule has 0 spiro atoms. The van der Waals surface area contributed by atoms with E-state index in [1.54, 1.807) is 12.1 Å². The second-order valence-electron chi connectivity index (χ2n) is 9.34. The number of fused-ring (bicyclic) bond motifs is 3. The Hall–Kier alpha value is -2.87. The Morgan fingerprint density at radius 1 is 0.972 bits per heavy atom. The molecule has 0 bridgehead atoms. The fourth-order valence-corrected chi connectivity index (χ4v) is 7.10. The van der Waals surface area contributed by atoms with Crippen LogP contribution in [0.3, 0.4) is 0 Å². The number of amides is 1. The van der Waals surface area contributed by atoms with Crippen LogP contribution in [0.2, 0.25) is 5.02 Å². The predicted octanol–water partition coefficient (Wildman–Crippen LogP) is 6.43. The highest BCUT2D eigenvalue weighted by Crippen LogP contribution is 2.32. The lowest BCUT2D eigenvalue weighted by atomic mass is 9.95. The van der Waals surface area contributed by atoms with Gasteiger partial charge in [-0.3, -0.25) is 4.79 Å². The molecule has 6 nitrogen and oxygen atoms in total. The van der Waals surface area contributed by atoms with E-state index in [4.69, 9.17) is 11.6 Å². The number of carbonyl (C=O) groups excluding carboxylic acids is 1. The molecule has 4 aromatic rings. The number of benzene rings is 3. The van der Waals surface area contributed by atoms with Gasteiger partial charge in [-0.25, -0.2) is 8.42 Å². The summed E-state index contributed by atoms with van der Waals surface area (Å²) in [7, 11) is -3.86. The molecule has 0 aliphatic heterocycles. The second kappa shape index (κ2) is 10.2. The van der Waals surface area contributed by atoms with Crippen molar-refractivity contribution in [2.75, 3.05) is 11.9 Å². The number of rotatable bonds is 7. The number of hydrogen-bond donors (Lipinski definition) is 1. The average molecular weight is 524 g/mol. The van der Waals surface area contributed by atoms with Gasteiger partial charge in [0.25, 0.3) is 0 Å². The first kappa shape index (κ1) is 24.8. The number of carbonyl (C=O) groups is 1. The van der Waals surface area contributed by atoms with Crippen molar-refractivity contribution < 1.29 is 13.2 Å². The maximum atomic E-state index is 13.6. The van der Waals surface area contributed by atoms with E-state index >= 15 is 0 Å². The van der Waals surface area contributed by atoms with Gasteiger partial charge in [0.05, 0.1) is 11.4 Å². The Morgan fingerprint density at radius 3 is 2.39 bits per heavy atom. The first-order valence-electron chi connectivity index (χ1n) is 12.5. The number of para-hydroxylation sites is 1. The van der Waals surface area contributed by atoms with Crippen LogP contribution in [0.4, 0.5) is 5.69 Å². The van der Waals surface area contributed by atoms with Crippen molar-refractivity contribution >= 4 is 55.0 Å². The van der Waals surface area contributed by atoms with Crippen LogP contribution in [0.25, 0.3) is 21.8 Å². The summed E-state index contributed by atoms with van der Waals surface area (Å²) < 4.78 is 30.8. The zero-order valence-electron chi connectivity index (χ0n) is 20.3. The van der Waals surface area contributed by atoms with Gasteiger partial charge in [-0.2, -0.15) is 4.31 Å². The molecule has 1 fully saturated rings. The summed E-state index contributed by atoms with van der Waals surface area (Å²) in [4.78, 5) is 13.4. The van der Waals surface area contributed by atoms with Crippen LogP contribution in [0.1, 0.15) is 39.0 Å². The van der Waals surface area contributed by atoms with E-state index < -0.39 is 10.0 Å². The maximum absolute atomic E-state index is 13.6. The maximum Gasteiger partial charge on any atom is 0.243 e. The molecule has 1 aliphatic carbocycles. The standard InChI is InChI=1S/C28H30ClN3O3S/c1-2-31-26-11-7-6-10-24(26)25-18-21(14-17-27(25)31)30-28(33)19-32(22-8-4-3-5-9-22)36(34,35)23-15-12-20(29)13-16-23/h6-7,10-18,22H,2-5,8-9,19H2,1H3,(H,30,33). The SMILES string of the molecule is CCn1c2ccccc2c2cc(NC(=O)CN(C3CCCCC3)S(=O)(=O)c3ccc(Cl)cc3)ccc21. The van der Waals surface area contributed by atoms with Crippen LogP contribution >= 0.6 is 11.6 Å². The minimum absolute atomic E-state index is 0.152. The number of anilines is 1. The molecule has 0 radical (unpaired) electrons. The molecule has 1 aliphatic rings. The number of hydrogen-bond acceptors (Lipinski definition) is 3. The Balaban J connectivity index is 1.43. The van der Waals surface area contributed by atoms with Crippen molar-refractivity contribution in [1.82, 2.24) is 8.87 Å². The van der Waals surface area contributed by atoms with Gasteiger partial charge >= 0.3 is 0 Å². The molecule has 1 heterocycles. The molecule has 1 N–H and O–H groups in total. The average Bonchev–Trinajstić information content (AvgIpc) is 3.21. The van der Waals surface area contributed by atoms with Gasteiger partial charge in [0.15, 0.2) is 0 Å². The predicted molar refractivity (Wildman–Crippen MR) is 146 cm³/mol. The Bertz CT molecular complexity index is 1510. The van der Waals surface area contributed by atoms with Gasteiger partial charge in [-0.1, -0.05) is 49.1 Å². The van der Waals surface area contributed by atoms with Crippen molar-refractivity contribution in [3.63, 3.8) is 0 Å². The third-order valence-corrected chi connectivity index (χ3v) is 9.24. The van der Waals surface area contributed by atoms with Gasteiger partial charge < -0.3 is 9.88 Å². The molecule has 3 aromatic carbocycles. The molecule has 1 aromatic heterocycles. The van der Waals surface area contributed by atoms with Crippen LogP contribution in [0, 0.1) is 0 Å². The van der Waals surface area contributed by atoms with Gasteiger partial charge in [0, 0.05) is 45.1 Å². The summed E-state index contributed by atoms with van der Waals surface area (Å²) in [6.45, 7) is 2.72. The highest BCUT2D eigenvalue weighted by atomic mass is 35.5. The number of nitrogens with zero attached hydrogens (tertiary/aromatic N) is 2. The topological polar surface area (TPSA) is 71.4 Å². The second-order valence-corrected chi connectivity index (χ2v) is 11.7. The van der Waals surface area contributed by atoms with Crippen LogP contribution in [0.5, 0.6) is 0 Å². The number of nitrogens with one attached hydrogen (secondary N) is 1. The van der Waals surface area contributed by atoms with Crippen LogP contribution in [0.15, 0.2) is 71.6 Å². The molecule has 5 rings (SSSR count). The van der Waals surface area contributed by atoms with E-state index in [9.17, 15) is 13.2 Å². The highest BCUT2D eigenvalue weighted by Gasteiger charge is 2.34. The molecular weight excluding hydrogens is 494 g/mol. The van der Waals surface area contributed by atoms with Crippen molar-refractivity contribution in [2.24, 2.45) is 0 Å². The Kier molecular flexibility index (Phi) is 7.06. The number of aromatic nitrogens is 1. The van der Waals surface area contributed by atoms with Gasteiger partial charge in [-0.15, -0.1) is 0 Å². The molecule has 1 saturated carbocycles. The summed E-state index contributed by atoms with van der Waals surface area (Å²) in [6.07, 6.45) is 4.50. The van der Waals surface area contributed by atoms with E-state index in [1.807, 2.05) is 30.3 Å². The van der Waals surface area contributed by atoms with Crippen molar-refractivity contribution in [3.05, 3.63) is 71.8 Å². The van der Waals surface area contributed by atoms with E-state index in [0.29, 0.717) is 10.7 Å². The quantitative estimate of drug-likeness (QED) is 0.303. The first-order valence-corrected chi connectivity index (χ1v) is 14.3. The summed E-state index contributed by atoms with van der Waals surface area (Å²) in [5.41, 5.74) is 2.90. The fourth-order valence-electron chi connectivity index (χ4n) is 5.34. The van der Waals surface area contributed by atoms with Gasteiger partial charge in [0.2, 0.25) is 15.9 Å². The van der Waals surface area contributed by atoms with Crippen molar-refractivity contribution in [2.45, 2.75) is 56.5 Å². The van der Waals surface area contributed by atoms with Gasteiger partial charge in [0.1, 0.15) is 0 Å². The minimum atomic E-state index is -3.86. The lowest BCUT2D eigenvalue weighted by molar-refractivity contribution is -0.116.